The maximum absolute atomic E-state index is 11.9. The minimum atomic E-state index is -1.11. The maximum Gasteiger partial charge on any atom is 0.336 e. The van der Waals surface area contributed by atoms with Crippen LogP contribution in [0, 0.1) is 12.3 Å². The Morgan fingerprint density at radius 3 is 2.70 bits per heavy atom. The van der Waals surface area contributed by atoms with Crippen molar-refractivity contribution < 1.29 is 19.7 Å². The number of aromatic carboxylic acids is 1. The molecule has 7 heteroatoms. The smallest absolute Gasteiger partial charge is 0.336 e. The van der Waals surface area contributed by atoms with Crippen LogP contribution in [0.25, 0.3) is 22.3 Å². The summed E-state index contributed by atoms with van der Waals surface area (Å²) in [6.07, 6.45) is 7.97. The SMILES string of the molecule is C#Cc1nn(C2CCCCO2)c2nc(-c3ccc(O)cc3)cc(C(=O)O)c12. The van der Waals surface area contributed by atoms with Gasteiger partial charge in [0.25, 0.3) is 0 Å². The molecule has 1 aromatic carbocycles. The van der Waals surface area contributed by atoms with E-state index in [0.29, 0.717) is 28.9 Å². The third-order valence-corrected chi connectivity index (χ3v) is 4.62. The zero-order valence-corrected chi connectivity index (χ0v) is 14.4. The summed E-state index contributed by atoms with van der Waals surface area (Å²) in [5, 5.41) is 24.0. The van der Waals surface area contributed by atoms with Crippen molar-refractivity contribution in [2.45, 2.75) is 25.5 Å². The number of hydrogen-bond donors (Lipinski definition) is 2. The van der Waals surface area contributed by atoms with Gasteiger partial charge in [-0.05, 0) is 55.5 Å². The van der Waals surface area contributed by atoms with Crippen LogP contribution in [0.5, 0.6) is 5.75 Å². The normalized spacial score (nSPS) is 16.9. The van der Waals surface area contributed by atoms with E-state index in [0.717, 1.165) is 19.3 Å². The molecule has 1 fully saturated rings. The minimum Gasteiger partial charge on any atom is -0.508 e. The van der Waals surface area contributed by atoms with Crippen molar-refractivity contribution in [2.75, 3.05) is 6.61 Å². The Morgan fingerprint density at radius 2 is 2.07 bits per heavy atom. The van der Waals surface area contributed by atoms with Gasteiger partial charge in [0.1, 0.15) is 11.4 Å². The number of fused-ring (bicyclic) bond motifs is 1. The fraction of sp³-hybridized carbons (Fsp3) is 0.250. The Hall–Kier alpha value is -3.37. The fourth-order valence-electron chi connectivity index (χ4n) is 3.30. The summed E-state index contributed by atoms with van der Waals surface area (Å²) in [5.74, 6) is 1.48. The van der Waals surface area contributed by atoms with Gasteiger partial charge in [0, 0.05) is 12.2 Å². The van der Waals surface area contributed by atoms with Crippen LogP contribution < -0.4 is 0 Å². The molecule has 3 heterocycles. The number of aromatic nitrogens is 3. The second-order valence-corrected chi connectivity index (χ2v) is 6.36. The number of carbonyl (C=O) groups is 1. The molecule has 1 aliphatic heterocycles. The first kappa shape index (κ1) is 17.1. The Morgan fingerprint density at radius 1 is 1.30 bits per heavy atom. The van der Waals surface area contributed by atoms with Crippen LogP contribution in [0.2, 0.25) is 0 Å². The standard InChI is InChI=1S/C20H17N3O4/c1-2-15-18-14(20(25)26)11-16(12-6-8-13(24)9-7-12)21-19(18)23(22-15)17-5-3-4-10-27-17/h1,6-9,11,17,24H,3-5,10H2,(H,25,26). The van der Waals surface area contributed by atoms with E-state index in [4.69, 9.17) is 11.2 Å². The molecule has 0 bridgehead atoms. The van der Waals surface area contributed by atoms with Gasteiger partial charge in [0.05, 0.1) is 16.6 Å². The van der Waals surface area contributed by atoms with Crippen molar-refractivity contribution in [3.05, 3.63) is 41.6 Å². The van der Waals surface area contributed by atoms with Gasteiger partial charge >= 0.3 is 5.97 Å². The van der Waals surface area contributed by atoms with Gasteiger partial charge in [0.2, 0.25) is 0 Å². The van der Waals surface area contributed by atoms with Gasteiger partial charge < -0.3 is 14.9 Å². The summed E-state index contributed by atoms with van der Waals surface area (Å²) in [4.78, 5) is 16.5. The first-order chi connectivity index (χ1) is 13.1. The van der Waals surface area contributed by atoms with Crippen molar-refractivity contribution in [1.29, 1.82) is 0 Å². The number of nitrogens with zero attached hydrogens (tertiary/aromatic N) is 3. The van der Waals surface area contributed by atoms with Gasteiger partial charge in [-0.3, -0.25) is 0 Å². The highest BCUT2D eigenvalue weighted by Gasteiger charge is 2.25. The number of aromatic hydroxyl groups is 1. The summed E-state index contributed by atoms with van der Waals surface area (Å²) in [6, 6.07) is 7.88. The second-order valence-electron chi connectivity index (χ2n) is 6.36. The summed E-state index contributed by atoms with van der Waals surface area (Å²) in [7, 11) is 0. The molecule has 1 atom stereocenters. The Balaban J connectivity index is 1.98. The average molecular weight is 363 g/mol. The average Bonchev–Trinajstić information content (AvgIpc) is 3.07. The summed E-state index contributed by atoms with van der Waals surface area (Å²) in [6.45, 7) is 0.612. The van der Waals surface area contributed by atoms with E-state index in [1.807, 2.05) is 0 Å². The van der Waals surface area contributed by atoms with Gasteiger partial charge in [0.15, 0.2) is 11.9 Å². The molecule has 1 unspecified atom stereocenters. The molecule has 2 aromatic heterocycles. The molecule has 0 spiro atoms. The van der Waals surface area contributed by atoms with Gasteiger partial charge in [-0.1, -0.05) is 0 Å². The number of hydrogen-bond acceptors (Lipinski definition) is 5. The maximum atomic E-state index is 11.9. The highest BCUT2D eigenvalue weighted by molar-refractivity contribution is 6.05. The topological polar surface area (TPSA) is 97.5 Å². The lowest BCUT2D eigenvalue weighted by molar-refractivity contribution is -0.0370. The van der Waals surface area contributed by atoms with Crippen LogP contribution >= 0.6 is 0 Å². The third-order valence-electron chi connectivity index (χ3n) is 4.62. The van der Waals surface area contributed by atoms with Crippen molar-refractivity contribution >= 4 is 17.0 Å². The molecule has 27 heavy (non-hydrogen) atoms. The predicted molar refractivity (Wildman–Crippen MR) is 98.4 cm³/mol. The quantitative estimate of drug-likeness (QED) is 0.694. The fourth-order valence-corrected chi connectivity index (χ4v) is 3.30. The molecule has 0 saturated carbocycles. The summed E-state index contributed by atoms with van der Waals surface area (Å²) >= 11 is 0. The van der Waals surface area contributed by atoms with Crippen LogP contribution in [-0.2, 0) is 4.74 Å². The number of rotatable bonds is 3. The van der Waals surface area contributed by atoms with Gasteiger partial charge in [-0.2, -0.15) is 5.10 Å². The Kier molecular flexibility index (Phi) is 4.26. The minimum absolute atomic E-state index is 0.0399. The largest absolute Gasteiger partial charge is 0.508 e. The molecule has 0 aliphatic carbocycles. The van der Waals surface area contributed by atoms with Crippen molar-refractivity contribution in [3.63, 3.8) is 0 Å². The molecule has 4 rings (SSSR count). The molecule has 3 aromatic rings. The summed E-state index contributed by atoms with van der Waals surface area (Å²) < 4.78 is 7.40. The van der Waals surface area contributed by atoms with E-state index in [1.54, 1.807) is 16.8 Å². The van der Waals surface area contributed by atoms with Crippen LogP contribution in [0.15, 0.2) is 30.3 Å². The molecular formula is C20H17N3O4. The number of terminal acetylenes is 1. The van der Waals surface area contributed by atoms with E-state index >= 15 is 0 Å². The molecule has 2 N–H and O–H groups in total. The summed E-state index contributed by atoms with van der Waals surface area (Å²) in [5.41, 5.74) is 1.80. The number of pyridine rings is 1. The lowest BCUT2D eigenvalue weighted by Gasteiger charge is -2.23. The van der Waals surface area contributed by atoms with Crippen LogP contribution in [0.4, 0.5) is 0 Å². The van der Waals surface area contributed by atoms with Gasteiger partial charge in [-0.15, -0.1) is 6.42 Å². The molecule has 0 radical (unpaired) electrons. The number of carboxylic acids is 1. The van der Waals surface area contributed by atoms with E-state index in [-0.39, 0.29) is 23.2 Å². The molecule has 0 amide bonds. The molecule has 1 aliphatic rings. The second kappa shape index (κ2) is 6.74. The van der Waals surface area contributed by atoms with Crippen LogP contribution in [-0.4, -0.2) is 37.6 Å². The van der Waals surface area contributed by atoms with Crippen molar-refractivity contribution in [3.8, 4) is 29.4 Å². The Bertz CT molecular complexity index is 1060. The number of ether oxygens (including phenoxy) is 1. The first-order valence-corrected chi connectivity index (χ1v) is 8.62. The number of phenols is 1. The molecule has 1 saturated heterocycles. The lowest BCUT2D eigenvalue weighted by Crippen LogP contribution is -2.19. The van der Waals surface area contributed by atoms with Gasteiger partial charge in [-0.25, -0.2) is 14.5 Å². The molecule has 7 nitrogen and oxygen atoms in total. The lowest BCUT2D eigenvalue weighted by atomic mass is 10.1. The van der Waals surface area contributed by atoms with E-state index in [9.17, 15) is 15.0 Å². The highest BCUT2D eigenvalue weighted by atomic mass is 16.5. The molecule has 136 valence electrons. The Labute approximate surface area is 155 Å². The monoisotopic (exact) mass is 363 g/mol. The molecular weight excluding hydrogens is 346 g/mol. The highest BCUT2D eigenvalue weighted by Crippen LogP contribution is 2.32. The number of benzene rings is 1. The first-order valence-electron chi connectivity index (χ1n) is 8.62. The van der Waals surface area contributed by atoms with Crippen LogP contribution in [0.3, 0.4) is 0 Å². The zero-order chi connectivity index (χ0) is 19.0. The predicted octanol–water partition coefficient (Wildman–Crippen LogP) is 3.18. The van der Waals surface area contributed by atoms with E-state index in [1.165, 1.54) is 18.2 Å². The number of carboxylic acid groups (broad SMARTS) is 1. The zero-order valence-electron chi connectivity index (χ0n) is 14.4. The van der Waals surface area contributed by atoms with E-state index < -0.39 is 5.97 Å². The van der Waals surface area contributed by atoms with Crippen molar-refractivity contribution in [2.24, 2.45) is 0 Å². The number of phenolic OH excluding ortho intramolecular Hbond substituents is 1. The third kappa shape index (κ3) is 3.00. The van der Waals surface area contributed by atoms with E-state index in [2.05, 4.69) is 16.0 Å². The van der Waals surface area contributed by atoms with Crippen molar-refractivity contribution in [1.82, 2.24) is 14.8 Å². The van der Waals surface area contributed by atoms with Crippen LogP contribution in [0.1, 0.15) is 41.5 Å².